The van der Waals surface area contributed by atoms with Crippen molar-refractivity contribution in [3.05, 3.63) is 59.7 Å². The minimum Gasteiger partial charge on any atom is -0.492 e. The number of hydrogen-bond donors (Lipinski definition) is 2. The Hall–Kier alpha value is -1.80. The van der Waals surface area contributed by atoms with Crippen LogP contribution in [-0.2, 0) is 6.54 Å². The van der Waals surface area contributed by atoms with Crippen molar-refractivity contribution in [1.29, 1.82) is 0 Å². The molecule has 0 amide bonds. The first-order valence-corrected chi connectivity index (χ1v) is 8.98. The van der Waals surface area contributed by atoms with Gasteiger partial charge in [0.2, 0.25) is 0 Å². The van der Waals surface area contributed by atoms with Gasteiger partial charge < -0.3 is 20.7 Å². The van der Waals surface area contributed by atoms with E-state index in [1.54, 1.807) is 0 Å². The molecular formula is C21H31IN4O. The predicted octanol–water partition coefficient (Wildman–Crippen LogP) is 4.30. The van der Waals surface area contributed by atoms with Crippen LogP contribution >= 0.6 is 24.0 Å². The third-order valence-electron chi connectivity index (χ3n) is 4.01. The van der Waals surface area contributed by atoms with Gasteiger partial charge in [-0.15, -0.1) is 24.0 Å². The molecule has 0 spiro atoms. The summed E-state index contributed by atoms with van der Waals surface area (Å²) in [5, 5.41) is 3.17. The molecule has 0 heterocycles. The first kappa shape index (κ1) is 23.2. The number of hydrogen-bond acceptors (Lipinski definition) is 3. The molecule has 0 fully saturated rings. The zero-order valence-corrected chi connectivity index (χ0v) is 18.9. The molecule has 0 saturated heterocycles. The second kappa shape index (κ2) is 11.8. The van der Waals surface area contributed by atoms with E-state index in [1.807, 2.05) is 50.5 Å². The summed E-state index contributed by atoms with van der Waals surface area (Å²) in [6.45, 7) is 6.32. The van der Waals surface area contributed by atoms with Gasteiger partial charge in [-0.25, -0.2) is 4.99 Å². The monoisotopic (exact) mass is 482 g/mol. The first-order chi connectivity index (χ1) is 12.5. The number of nitrogens with two attached hydrogens (primary N) is 1. The van der Waals surface area contributed by atoms with Crippen LogP contribution in [0.15, 0.2) is 53.5 Å². The molecule has 0 atom stereocenters. The maximum Gasteiger partial charge on any atom is 0.193 e. The van der Waals surface area contributed by atoms with Crippen LogP contribution < -0.4 is 15.8 Å². The SMILES string of the molecule is CC(C)c1cccc(NC(N)=NCc2ccccc2OCCN(C)C)c1.I. The van der Waals surface area contributed by atoms with Gasteiger partial charge in [0, 0.05) is 17.8 Å². The fourth-order valence-corrected chi connectivity index (χ4v) is 2.45. The number of nitrogens with one attached hydrogen (secondary N) is 1. The van der Waals surface area contributed by atoms with Crippen molar-refractivity contribution < 1.29 is 4.74 Å². The Labute approximate surface area is 180 Å². The topological polar surface area (TPSA) is 62.9 Å². The third kappa shape index (κ3) is 8.17. The number of anilines is 1. The molecule has 5 nitrogen and oxygen atoms in total. The molecular weight excluding hydrogens is 451 g/mol. The van der Waals surface area contributed by atoms with Gasteiger partial charge in [0.05, 0.1) is 6.54 Å². The number of aliphatic imine (C=N–C) groups is 1. The fraction of sp³-hybridized carbons (Fsp3) is 0.381. The van der Waals surface area contributed by atoms with Gasteiger partial charge >= 0.3 is 0 Å². The van der Waals surface area contributed by atoms with E-state index in [1.165, 1.54) is 5.56 Å². The molecule has 2 aromatic rings. The van der Waals surface area contributed by atoms with Crippen molar-refractivity contribution in [2.75, 3.05) is 32.6 Å². The maximum atomic E-state index is 6.06. The molecule has 0 radical (unpaired) electrons. The molecule has 2 aromatic carbocycles. The lowest BCUT2D eigenvalue weighted by Gasteiger charge is -2.13. The Bertz CT molecular complexity index is 732. The predicted molar refractivity (Wildman–Crippen MR) is 125 cm³/mol. The number of halogens is 1. The number of para-hydroxylation sites is 1. The largest absolute Gasteiger partial charge is 0.492 e. The van der Waals surface area contributed by atoms with Crippen molar-refractivity contribution in [1.82, 2.24) is 4.90 Å². The Balaban J connectivity index is 0.00000364. The zero-order chi connectivity index (χ0) is 18.9. The highest BCUT2D eigenvalue weighted by Crippen LogP contribution is 2.20. The molecule has 0 aliphatic rings. The Morgan fingerprint density at radius 3 is 2.59 bits per heavy atom. The van der Waals surface area contributed by atoms with E-state index >= 15 is 0 Å². The number of ether oxygens (including phenoxy) is 1. The van der Waals surface area contributed by atoms with Crippen LogP contribution in [0, 0.1) is 0 Å². The summed E-state index contributed by atoms with van der Waals surface area (Å²) in [6, 6.07) is 16.2. The molecule has 0 unspecified atom stereocenters. The molecule has 2 rings (SSSR count). The molecule has 0 bridgehead atoms. The molecule has 0 saturated carbocycles. The number of likely N-dealkylation sites (N-methyl/N-ethyl adjacent to an activating group) is 1. The minimum atomic E-state index is 0. The summed E-state index contributed by atoms with van der Waals surface area (Å²) in [6.07, 6.45) is 0. The normalized spacial score (nSPS) is 11.4. The van der Waals surface area contributed by atoms with Crippen molar-refractivity contribution in [3.8, 4) is 5.75 Å². The summed E-state index contributed by atoms with van der Waals surface area (Å²) in [7, 11) is 4.06. The van der Waals surface area contributed by atoms with Crippen LogP contribution in [0.4, 0.5) is 5.69 Å². The van der Waals surface area contributed by atoms with E-state index in [4.69, 9.17) is 10.5 Å². The lowest BCUT2D eigenvalue weighted by molar-refractivity contribution is 0.259. The zero-order valence-electron chi connectivity index (χ0n) is 16.6. The number of guanidine groups is 1. The summed E-state index contributed by atoms with van der Waals surface area (Å²) in [4.78, 5) is 6.55. The minimum absolute atomic E-state index is 0. The van der Waals surface area contributed by atoms with Crippen LogP contribution in [0.3, 0.4) is 0 Å². The van der Waals surface area contributed by atoms with Gasteiger partial charge in [0.15, 0.2) is 5.96 Å². The first-order valence-electron chi connectivity index (χ1n) is 8.98. The van der Waals surface area contributed by atoms with Gasteiger partial charge in [-0.05, 0) is 43.8 Å². The van der Waals surface area contributed by atoms with E-state index in [0.717, 1.165) is 23.5 Å². The van der Waals surface area contributed by atoms with E-state index in [9.17, 15) is 0 Å². The summed E-state index contributed by atoms with van der Waals surface area (Å²) >= 11 is 0. The number of nitrogens with zero attached hydrogens (tertiary/aromatic N) is 2. The quantitative estimate of drug-likeness (QED) is 0.335. The highest BCUT2D eigenvalue weighted by Gasteiger charge is 2.04. The number of rotatable bonds is 8. The highest BCUT2D eigenvalue weighted by molar-refractivity contribution is 14.0. The molecule has 148 valence electrons. The van der Waals surface area contributed by atoms with Gasteiger partial charge in [-0.1, -0.05) is 44.2 Å². The average molecular weight is 482 g/mol. The van der Waals surface area contributed by atoms with Crippen molar-refractivity contribution in [2.24, 2.45) is 10.7 Å². The van der Waals surface area contributed by atoms with Crippen LogP contribution in [0.25, 0.3) is 0 Å². The second-order valence-electron chi connectivity index (χ2n) is 6.87. The van der Waals surface area contributed by atoms with Crippen LogP contribution in [0.2, 0.25) is 0 Å². The number of benzene rings is 2. The molecule has 6 heteroatoms. The standard InChI is InChI=1S/C21H30N4O.HI/c1-16(2)17-9-7-10-19(14-17)24-21(22)23-15-18-8-5-6-11-20(18)26-13-12-25(3)4;/h5-11,14,16H,12-13,15H2,1-4H3,(H3,22,23,24);1H. The van der Waals surface area contributed by atoms with Crippen molar-refractivity contribution >= 4 is 35.6 Å². The molecule has 0 aromatic heterocycles. The van der Waals surface area contributed by atoms with Gasteiger partial charge in [0.25, 0.3) is 0 Å². The van der Waals surface area contributed by atoms with E-state index in [0.29, 0.717) is 25.0 Å². The Morgan fingerprint density at radius 2 is 1.89 bits per heavy atom. The maximum absolute atomic E-state index is 6.06. The lowest BCUT2D eigenvalue weighted by atomic mass is 10.0. The Morgan fingerprint density at radius 1 is 1.15 bits per heavy atom. The van der Waals surface area contributed by atoms with Gasteiger partial charge in [-0.2, -0.15) is 0 Å². The second-order valence-corrected chi connectivity index (χ2v) is 6.87. The molecule has 0 aliphatic carbocycles. The summed E-state index contributed by atoms with van der Waals surface area (Å²) in [5.74, 6) is 1.72. The molecule has 3 N–H and O–H groups in total. The van der Waals surface area contributed by atoms with Gasteiger partial charge in [-0.3, -0.25) is 0 Å². The van der Waals surface area contributed by atoms with Crippen LogP contribution in [0.5, 0.6) is 5.75 Å². The molecule has 27 heavy (non-hydrogen) atoms. The summed E-state index contributed by atoms with van der Waals surface area (Å²) < 4.78 is 5.87. The third-order valence-corrected chi connectivity index (χ3v) is 4.01. The van der Waals surface area contributed by atoms with Crippen molar-refractivity contribution in [3.63, 3.8) is 0 Å². The average Bonchev–Trinajstić information content (AvgIpc) is 2.61. The lowest BCUT2D eigenvalue weighted by Crippen LogP contribution is -2.22. The summed E-state index contributed by atoms with van der Waals surface area (Å²) in [5.41, 5.74) is 9.30. The van der Waals surface area contributed by atoms with E-state index in [2.05, 4.69) is 41.2 Å². The fourth-order valence-electron chi connectivity index (χ4n) is 2.45. The Kier molecular flexibility index (Phi) is 10.2. The molecule has 0 aliphatic heterocycles. The van der Waals surface area contributed by atoms with Crippen LogP contribution in [0.1, 0.15) is 30.9 Å². The smallest absolute Gasteiger partial charge is 0.193 e. The highest BCUT2D eigenvalue weighted by atomic mass is 127. The van der Waals surface area contributed by atoms with Crippen LogP contribution in [-0.4, -0.2) is 38.1 Å². The van der Waals surface area contributed by atoms with Crippen molar-refractivity contribution in [2.45, 2.75) is 26.3 Å². The van der Waals surface area contributed by atoms with Gasteiger partial charge in [0.1, 0.15) is 12.4 Å². The van der Waals surface area contributed by atoms with E-state index in [-0.39, 0.29) is 24.0 Å². The van der Waals surface area contributed by atoms with E-state index < -0.39 is 0 Å².